The largest absolute Gasteiger partial charge is 0.310 e. The van der Waals surface area contributed by atoms with Crippen LogP contribution in [-0.2, 0) is 0 Å². The minimum Gasteiger partial charge on any atom is -0.310 e. The van der Waals surface area contributed by atoms with Gasteiger partial charge >= 0.3 is 0 Å². The number of benzene rings is 6. The number of anilines is 3. The summed E-state index contributed by atoms with van der Waals surface area (Å²) in [4.78, 5) is 16.0. The van der Waals surface area contributed by atoms with Gasteiger partial charge in [0, 0.05) is 38.7 Å². The maximum atomic E-state index is 13.6. The van der Waals surface area contributed by atoms with Gasteiger partial charge in [-0.1, -0.05) is 83.9 Å². The topological polar surface area (TPSA) is 20.3 Å². The summed E-state index contributed by atoms with van der Waals surface area (Å²) in [6, 6.07) is 36.1. The zero-order valence-corrected chi connectivity index (χ0v) is 19.7. The summed E-state index contributed by atoms with van der Waals surface area (Å²) in [5.41, 5.74) is 7.30. The summed E-state index contributed by atoms with van der Waals surface area (Å²) in [6.45, 7) is 4.22. The van der Waals surface area contributed by atoms with Crippen LogP contribution in [0.25, 0.3) is 32.3 Å². The van der Waals surface area contributed by atoms with E-state index in [-0.39, 0.29) is 5.78 Å². The Hall–Kier alpha value is -4.43. The van der Waals surface area contributed by atoms with Crippen LogP contribution in [0, 0.1) is 13.8 Å². The van der Waals surface area contributed by atoms with Crippen molar-refractivity contribution in [3.05, 3.63) is 125 Å². The lowest BCUT2D eigenvalue weighted by Gasteiger charge is -2.29. The second kappa shape index (κ2) is 7.28. The summed E-state index contributed by atoms with van der Waals surface area (Å²) < 4.78 is 0. The molecule has 7 rings (SSSR count). The van der Waals surface area contributed by atoms with E-state index >= 15 is 0 Å². The lowest BCUT2D eigenvalue weighted by molar-refractivity contribution is 0.104. The summed E-state index contributed by atoms with van der Waals surface area (Å²) in [7, 11) is 0. The average molecular weight is 450 g/mol. The lowest BCUT2D eigenvalue weighted by atomic mass is 9.83. The van der Waals surface area contributed by atoms with E-state index in [1.807, 2.05) is 24.3 Å². The summed E-state index contributed by atoms with van der Waals surface area (Å²) in [6.07, 6.45) is 0. The van der Waals surface area contributed by atoms with E-state index < -0.39 is 0 Å². The number of nitrogens with zero attached hydrogens (tertiary/aromatic N) is 1. The number of carbonyl (C=O) groups excluding carboxylic acids is 1. The molecule has 0 fully saturated rings. The Morgan fingerprint density at radius 3 is 1.77 bits per heavy atom. The van der Waals surface area contributed by atoms with Crippen LogP contribution in [0.5, 0.6) is 0 Å². The molecule has 6 aromatic rings. The van der Waals surface area contributed by atoms with Gasteiger partial charge in [0.05, 0.1) is 5.69 Å². The van der Waals surface area contributed by atoms with Crippen molar-refractivity contribution >= 4 is 55.2 Å². The molecule has 2 heteroatoms. The van der Waals surface area contributed by atoms with Crippen LogP contribution in [0.1, 0.15) is 27.0 Å². The highest BCUT2D eigenvalue weighted by atomic mass is 16.1. The highest BCUT2D eigenvalue weighted by Gasteiger charge is 2.26. The molecule has 0 amide bonds. The van der Waals surface area contributed by atoms with Crippen LogP contribution in [0.15, 0.2) is 103 Å². The van der Waals surface area contributed by atoms with Crippen LogP contribution in [-0.4, -0.2) is 5.78 Å². The van der Waals surface area contributed by atoms with Crippen molar-refractivity contribution in [2.24, 2.45) is 0 Å². The fraction of sp³-hybridized carbons (Fsp3) is 0.0606. The van der Waals surface area contributed by atoms with Crippen LogP contribution >= 0.6 is 0 Å². The van der Waals surface area contributed by atoms with Gasteiger partial charge in [0.25, 0.3) is 0 Å². The van der Waals surface area contributed by atoms with Gasteiger partial charge < -0.3 is 4.90 Å². The van der Waals surface area contributed by atoms with Gasteiger partial charge in [0.1, 0.15) is 0 Å². The molecule has 2 nitrogen and oxygen atoms in total. The van der Waals surface area contributed by atoms with E-state index in [1.165, 1.54) is 16.5 Å². The number of aryl methyl sites for hydroxylation is 2. The van der Waals surface area contributed by atoms with E-state index in [0.717, 1.165) is 55.1 Å². The lowest BCUT2D eigenvalue weighted by Crippen LogP contribution is -2.13. The average Bonchev–Trinajstić information content (AvgIpc) is 2.89. The van der Waals surface area contributed by atoms with Gasteiger partial charge in [0.15, 0.2) is 5.78 Å². The standard InChI is InChI=1S/C33H23NO/c1-20-9-15-24(16-10-20)34(25-17-11-21(2)12-18-25)29-19-23-14-13-22-5-3-7-27-30(22)31(23)32-26(29)6-4-8-28(32)33(27)35/h3-19H,1-2H3. The SMILES string of the molecule is Cc1ccc(N(c2ccc(C)cc2)c2cc3ccc4cccc5c4c3c3c(cccc23)C5=O)cc1. The molecule has 0 saturated carbocycles. The monoisotopic (exact) mass is 449 g/mol. The van der Waals surface area contributed by atoms with Crippen LogP contribution in [0.3, 0.4) is 0 Å². The van der Waals surface area contributed by atoms with E-state index in [1.54, 1.807) is 0 Å². The van der Waals surface area contributed by atoms with Crippen molar-refractivity contribution in [3.63, 3.8) is 0 Å². The third kappa shape index (κ3) is 2.87. The van der Waals surface area contributed by atoms with Crippen LogP contribution < -0.4 is 4.90 Å². The summed E-state index contributed by atoms with van der Waals surface area (Å²) >= 11 is 0. The van der Waals surface area contributed by atoms with E-state index in [0.29, 0.717) is 0 Å². The molecule has 0 N–H and O–H groups in total. The molecule has 0 heterocycles. The second-order valence-corrected chi connectivity index (χ2v) is 9.53. The van der Waals surface area contributed by atoms with Crippen molar-refractivity contribution in [3.8, 4) is 0 Å². The number of ketones is 1. The van der Waals surface area contributed by atoms with Gasteiger partial charge in [-0.05, 0) is 60.3 Å². The molecule has 0 aromatic heterocycles. The van der Waals surface area contributed by atoms with Crippen molar-refractivity contribution in [2.75, 3.05) is 4.90 Å². The first-order valence-electron chi connectivity index (χ1n) is 12.0. The quantitative estimate of drug-likeness (QED) is 0.251. The third-order valence-electron chi connectivity index (χ3n) is 7.27. The third-order valence-corrected chi connectivity index (χ3v) is 7.27. The van der Waals surface area contributed by atoms with Crippen molar-refractivity contribution in [1.82, 2.24) is 0 Å². The molecule has 0 aliphatic heterocycles. The zero-order chi connectivity index (χ0) is 23.7. The number of carbonyl (C=O) groups is 1. The molecule has 6 aromatic carbocycles. The molecule has 1 aliphatic rings. The molecule has 166 valence electrons. The molecule has 0 unspecified atom stereocenters. The van der Waals surface area contributed by atoms with Crippen molar-refractivity contribution in [2.45, 2.75) is 13.8 Å². The van der Waals surface area contributed by atoms with E-state index in [9.17, 15) is 4.79 Å². The van der Waals surface area contributed by atoms with Gasteiger partial charge in [0.2, 0.25) is 0 Å². The Morgan fingerprint density at radius 2 is 1.11 bits per heavy atom. The Labute approximate surface area is 204 Å². The Balaban J connectivity index is 1.64. The van der Waals surface area contributed by atoms with Crippen LogP contribution in [0.2, 0.25) is 0 Å². The molecule has 0 saturated heterocycles. The second-order valence-electron chi connectivity index (χ2n) is 9.53. The first kappa shape index (κ1) is 20.0. The van der Waals surface area contributed by atoms with Crippen LogP contribution in [0.4, 0.5) is 17.1 Å². The maximum absolute atomic E-state index is 13.6. The first-order valence-corrected chi connectivity index (χ1v) is 12.0. The van der Waals surface area contributed by atoms with Gasteiger partial charge in [-0.15, -0.1) is 0 Å². The number of rotatable bonds is 3. The molecular weight excluding hydrogens is 426 g/mol. The van der Waals surface area contributed by atoms with Gasteiger partial charge in [-0.2, -0.15) is 0 Å². The van der Waals surface area contributed by atoms with E-state index in [4.69, 9.17) is 0 Å². The fourth-order valence-corrected chi connectivity index (χ4v) is 5.57. The Morgan fingerprint density at radius 1 is 0.543 bits per heavy atom. The molecule has 0 bridgehead atoms. The molecule has 1 aliphatic carbocycles. The van der Waals surface area contributed by atoms with Crippen molar-refractivity contribution < 1.29 is 4.79 Å². The zero-order valence-electron chi connectivity index (χ0n) is 19.7. The van der Waals surface area contributed by atoms with Gasteiger partial charge in [-0.3, -0.25) is 4.79 Å². The highest BCUT2D eigenvalue weighted by molar-refractivity contribution is 6.38. The van der Waals surface area contributed by atoms with Gasteiger partial charge in [-0.25, -0.2) is 0 Å². The first-order chi connectivity index (χ1) is 17.1. The number of hydrogen-bond donors (Lipinski definition) is 0. The predicted octanol–water partition coefficient (Wildman–Crippen LogP) is 8.78. The highest BCUT2D eigenvalue weighted by Crippen LogP contribution is 2.47. The smallest absolute Gasteiger partial charge is 0.194 e. The van der Waals surface area contributed by atoms with Crippen molar-refractivity contribution in [1.29, 1.82) is 0 Å². The molecule has 0 atom stereocenters. The Bertz CT molecular complexity index is 1770. The maximum Gasteiger partial charge on any atom is 0.194 e. The number of hydrogen-bond acceptors (Lipinski definition) is 2. The minimum absolute atomic E-state index is 0.107. The molecule has 35 heavy (non-hydrogen) atoms. The minimum atomic E-state index is 0.107. The molecular formula is C33H23NO. The summed E-state index contributed by atoms with van der Waals surface area (Å²) in [5, 5.41) is 6.66. The molecule has 0 radical (unpaired) electrons. The Kier molecular flexibility index (Phi) is 4.16. The summed E-state index contributed by atoms with van der Waals surface area (Å²) in [5.74, 6) is 0.107. The molecule has 0 spiro atoms. The normalized spacial score (nSPS) is 12.3. The van der Waals surface area contributed by atoms with E-state index in [2.05, 4.69) is 97.6 Å². The fourth-order valence-electron chi connectivity index (χ4n) is 5.57. The predicted molar refractivity (Wildman–Crippen MR) is 147 cm³/mol.